The summed E-state index contributed by atoms with van der Waals surface area (Å²) in [6.07, 6.45) is 1.79. The summed E-state index contributed by atoms with van der Waals surface area (Å²) in [5, 5.41) is 12.9. The highest BCUT2D eigenvalue weighted by molar-refractivity contribution is 6.42. The molecule has 1 aliphatic heterocycles. The molecule has 0 atom stereocenters. The van der Waals surface area contributed by atoms with Crippen molar-refractivity contribution in [3.8, 4) is 11.1 Å². The van der Waals surface area contributed by atoms with Crippen LogP contribution in [0.2, 0.25) is 10.0 Å². The number of anilines is 1. The van der Waals surface area contributed by atoms with Crippen LogP contribution in [0.25, 0.3) is 11.1 Å². The van der Waals surface area contributed by atoms with Crippen molar-refractivity contribution in [2.75, 3.05) is 5.32 Å². The van der Waals surface area contributed by atoms with Gasteiger partial charge in [-0.05, 0) is 47.0 Å². The fourth-order valence-corrected chi connectivity index (χ4v) is 3.37. The number of halogens is 2. The Balaban J connectivity index is 1.78. The molecular weight excluding hydrogens is 397 g/mol. The zero-order chi connectivity index (χ0) is 19.7. The molecule has 0 unspecified atom stereocenters. The Morgan fingerprint density at radius 2 is 1.75 bits per heavy atom. The minimum atomic E-state index is -0.173. The van der Waals surface area contributed by atoms with Crippen LogP contribution in [-0.4, -0.2) is 21.7 Å². The third kappa shape index (κ3) is 3.78. The molecule has 0 fully saturated rings. The Kier molecular flexibility index (Phi) is 5.13. The first-order valence-electron chi connectivity index (χ1n) is 8.56. The highest BCUT2D eigenvalue weighted by Gasteiger charge is 2.19. The number of aromatic nitrogens is 1. The molecule has 5 nitrogen and oxygen atoms in total. The number of carbonyl (C=O) groups is 1. The Labute approximate surface area is 171 Å². The number of rotatable bonds is 3. The standard InChI is InChI=1S/C21H15Cl2N3O2/c22-16-8-19-20(9-17(16)23)26-21(28)10-18(25-19)14-3-1-2-12(6-14)13-4-5-24-15(7-13)11-27/h1-9,27H,10-11H2,(H,26,28). The number of hydrogen-bond acceptors (Lipinski definition) is 4. The summed E-state index contributed by atoms with van der Waals surface area (Å²) in [4.78, 5) is 21.1. The minimum absolute atomic E-state index is 0.124. The van der Waals surface area contributed by atoms with Crippen LogP contribution in [0.3, 0.4) is 0 Å². The van der Waals surface area contributed by atoms with Gasteiger partial charge in [-0.15, -0.1) is 0 Å². The SMILES string of the molecule is O=C1CC(c2cccc(-c3ccnc(CO)c3)c2)=Nc2cc(Cl)c(Cl)cc2N1. The van der Waals surface area contributed by atoms with Crippen molar-refractivity contribution in [3.05, 3.63) is 76.0 Å². The highest BCUT2D eigenvalue weighted by atomic mass is 35.5. The van der Waals surface area contributed by atoms with Crippen molar-refractivity contribution in [3.63, 3.8) is 0 Å². The van der Waals surface area contributed by atoms with Gasteiger partial charge in [0, 0.05) is 6.20 Å². The van der Waals surface area contributed by atoms with E-state index in [0.717, 1.165) is 16.7 Å². The topological polar surface area (TPSA) is 74.6 Å². The van der Waals surface area contributed by atoms with Crippen LogP contribution >= 0.6 is 23.2 Å². The molecule has 2 heterocycles. The van der Waals surface area contributed by atoms with Crippen LogP contribution in [0.15, 0.2) is 59.7 Å². The quantitative estimate of drug-likeness (QED) is 0.635. The van der Waals surface area contributed by atoms with Crippen LogP contribution in [0, 0.1) is 0 Å². The average molecular weight is 412 g/mol. The number of carbonyl (C=O) groups excluding carboxylic acids is 1. The number of benzene rings is 2. The third-order valence-electron chi connectivity index (χ3n) is 4.40. The van der Waals surface area contributed by atoms with Gasteiger partial charge >= 0.3 is 0 Å². The largest absolute Gasteiger partial charge is 0.390 e. The van der Waals surface area contributed by atoms with Gasteiger partial charge in [0.25, 0.3) is 0 Å². The molecule has 0 spiro atoms. The van der Waals surface area contributed by atoms with Gasteiger partial charge in [-0.1, -0.05) is 41.4 Å². The lowest BCUT2D eigenvalue weighted by molar-refractivity contribution is -0.115. The fourth-order valence-electron chi connectivity index (χ4n) is 3.05. The molecule has 0 bridgehead atoms. The zero-order valence-corrected chi connectivity index (χ0v) is 16.1. The molecular formula is C21H15Cl2N3O2. The summed E-state index contributed by atoms with van der Waals surface area (Å²) in [7, 11) is 0. The second-order valence-electron chi connectivity index (χ2n) is 6.34. The van der Waals surface area contributed by atoms with Crippen molar-refractivity contribution in [2.24, 2.45) is 4.99 Å². The predicted molar refractivity (Wildman–Crippen MR) is 112 cm³/mol. The third-order valence-corrected chi connectivity index (χ3v) is 5.13. The van der Waals surface area contributed by atoms with Gasteiger partial charge in [0.2, 0.25) is 5.91 Å². The van der Waals surface area contributed by atoms with Gasteiger partial charge in [0.1, 0.15) is 0 Å². The lowest BCUT2D eigenvalue weighted by Crippen LogP contribution is -2.15. The molecule has 140 valence electrons. The maximum absolute atomic E-state index is 12.4. The average Bonchev–Trinajstić information content (AvgIpc) is 2.86. The number of nitrogens with one attached hydrogen (secondary N) is 1. The Hall–Kier alpha value is -2.73. The fraction of sp³-hybridized carbons (Fsp3) is 0.0952. The van der Waals surface area contributed by atoms with Crippen LogP contribution < -0.4 is 5.32 Å². The number of nitrogens with zero attached hydrogens (tertiary/aromatic N) is 2. The smallest absolute Gasteiger partial charge is 0.230 e. The lowest BCUT2D eigenvalue weighted by atomic mass is 9.99. The van der Waals surface area contributed by atoms with E-state index in [1.165, 1.54) is 0 Å². The van der Waals surface area contributed by atoms with E-state index in [2.05, 4.69) is 15.3 Å². The summed E-state index contributed by atoms with van der Waals surface area (Å²) < 4.78 is 0. The number of aliphatic hydroxyl groups is 1. The van der Waals surface area contributed by atoms with Gasteiger partial charge < -0.3 is 10.4 Å². The van der Waals surface area contributed by atoms with Crippen LogP contribution in [0.4, 0.5) is 11.4 Å². The van der Waals surface area contributed by atoms with E-state index >= 15 is 0 Å². The summed E-state index contributed by atoms with van der Waals surface area (Å²) in [5.41, 5.74) is 5.02. The van der Waals surface area contributed by atoms with E-state index in [1.54, 1.807) is 18.3 Å². The van der Waals surface area contributed by atoms with Crippen molar-refractivity contribution in [2.45, 2.75) is 13.0 Å². The van der Waals surface area contributed by atoms with Crippen LogP contribution in [0.1, 0.15) is 17.7 Å². The highest BCUT2D eigenvalue weighted by Crippen LogP contribution is 2.36. The molecule has 3 aromatic rings. The van der Waals surface area contributed by atoms with E-state index in [9.17, 15) is 9.90 Å². The molecule has 2 N–H and O–H groups in total. The second kappa shape index (κ2) is 7.72. The Morgan fingerprint density at radius 1 is 1.00 bits per heavy atom. The molecule has 0 aliphatic carbocycles. The molecule has 0 saturated carbocycles. The lowest BCUT2D eigenvalue weighted by Gasteiger charge is -2.08. The second-order valence-corrected chi connectivity index (χ2v) is 7.16. The van der Waals surface area contributed by atoms with E-state index in [-0.39, 0.29) is 18.9 Å². The molecule has 1 amide bonds. The maximum Gasteiger partial charge on any atom is 0.230 e. The summed E-state index contributed by atoms with van der Waals surface area (Å²) >= 11 is 12.2. The summed E-state index contributed by atoms with van der Waals surface area (Å²) in [6.45, 7) is -0.124. The van der Waals surface area contributed by atoms with Crippen LogP contribution in [-0.2, 0) is 11.4 Å². The van der Waals surface area contributed by atoms with E-state index < -0.39 is 0 Å². The molecule has 2 aromatic carbocycles. The van der Waals surface area contributed by atoms with E-state index in [0.29, 0.717) is 32.8 Å². The number of hydrogen-bond donors (Lipinski definition) is 2. The van der Waals surface area contributed by atoms with Gasteiger partial charge in [-0.3, -0.25) is 14.8 Å². The van der Waals surface area contributed by atoms with Crippen LogP contribution in [0.5, 0.6) is 0 Å². The molecule has 7 heteroatoms. The number of pyridine rings is 1. The van der Waals surface area contributed by atoms with Gasteiger partial charge in [-0.25, -0.2) is 0 Å². The molecule has 4 rings (SSSR count). The number of amides is 1. The number of aliphatic imine (C=N–C) groups is 1. The zero-order valence-electron chi connectivity index (χ0n) is 14.6. The van der Waals surface area contributed by atoms with Crippen molar-refractivity contribution >= 4 is 46.2 Å². The summed E-state index contributed by atoms with van der Waals surface area (Å²) in [5.74, 6) is -0.173. The molecule has 0 radical (unpaired) electrons. The number of fused-ring (bicyclic) bond motifs is 1. The molecule has 28 heavy (non-hydrogen) atoms. The van der Waals surface area contributed by atoms with Gasteiger partial charge in [-0.2, -0.15) is 0 Å². The Bertz CT molecular complexity index is 1110. The molecule has 0 saturated heterocycles. The summed E-state index contributed by atoms with van der Waals surface area (Å²) in [6, 6.07) is 14.7. The first-order valence-corrected chi connectivity index (χ1v) is 9.32. The van der Waals surface area contributed by atoms with Gasteiger partial charge in [0.05, 0.1) is 45.9 Å². The predicted octanol–water partition coefficient (Wildman–Crippen LogP) is 5.01. The van der Waals surface area contributed by atoms with Gasteiger partial charge in [0.15, 0.2) is 0 Å². The Morgan fingerprint density at radius 3 is 2.57 bits per heavy atom. The first-order chi connectivity index (χ1) is 13.5. The van der Waals surface area contributed by atoms with Crippen molar-refractivity contribution in [1.29, 1.82) is 0 Å². The minimum Gasteiger partial charge on any atom is -0.390 e. The van der Waals surface area contributed by atoms with Crippen molar-refractivity contribution in [1.82, 2.24) is 4.98 Å². The van der Waals surface area contributed by atoms with E-state index in [1.807, 2.05) is 36.4 Å². The van der Waals surface area contributed by atoms with E-state index in [4.69, 9.17) is 23.2 Å². The monoisotopic (exact) mass is 411 g/mol. The maximum atomic E-state index is 12.4. The normalized spacial score (nSPS) is 13.4. The molecule has 1 aliphatic rings. The first kappa shape index (κ1) is 18.6. The molecule has 1 aromatic heterocycles. The number of aliphatic hydroxyl groups excluding tert-OH is 1. The van der Waals surface area contributed by atoms with Crippen molar-refractivity contribution < 1.29 is 9.90 Å².